The van der Waals surface area contributed by atoms with Crippen molar-refractivity contribution in [3.05, 3.63) is 5.82 Å². The van der Waals surface area contributed by atoms with Crippen molar-refractivity contribution in [2.45, 2.75) is 45.8 Å². The van der Waals surface area contributed by atoms with Gasteiger partial charge in [-0.05, 0) is 37.1 Å². The smallest absolute Gasteiger partial charge is 0.310 e. The van der Waals surface area contributed by atoms with Crippen molar-refractivity contribution in [2.24, 2.45) is 5.41 Å². The lowest BCUT2D eigenvalue weighted by Gasteiger charge is -2.19. The number of carbonyl (C=O) groups is 1. The molecule has 7 nitrogen and oxygen atoms in total. The van der Waals surface area contributed by atoms with Crippen LogP contribution in [0.1, 0.15) is 32.5 Å². The predicted octanol–water partition coefficient (Wildman–Crippen LogP) is 0.505. The van der Waals surface area contributed by atoms with E-state index in [-0.39, 0.29) is 12.6 Å². The second-order valence-electron chi connectivity index (χ2n) is 5.28. The van der Waals surface area contributed by atoms with Crippen LogP contribution in [0, 0.1) is 5.41 Å². The van der Waals surface area contributed by atoms with Gasteiger partial charge in [-0.25, -0.2) is 4.68 Å². The Hall–Kier alpha value is -1.50. The van der Waals surface area contributed by atoms with Gasteiger partial charge in [0.1, 0.15) is 0 Å². The number of aromatic nitrogens is 4. The van der Waals surface area contributed by atoms with Crippen molar-refractivity contribution in [1.82, 2.24) is 20.2 Å². The van der Waals surface area contributed by atoms with Crippen LogP contribution in [0.5, 0.6) is 0 Å². The summed E-state index contributed by atoms with van der Waals surface area (Å²) in [5, 5.41) is 20.5. The summed E-state index contributed by atoms with van der Waals surface area (Å²) in [6.45, 7) is 4.37. The lowest BCUT2D eigenvalue weighted by atomic mass is 9.94. The highest BCUT2D eigenvalue weighted by Crippen LogP contribution is 2.20. The average molecular weight is 254 g/mol. The Morgan fingerprint density at radius 3 is 3.00 bits per heavy atom. The summed E-state index contributed by atoms with van der Waals surface area (Å²) in [5.41, 5.74) is -0.888. The van der Waals surface area contributed by atoms with Gasteiger partial charge in [0.05, 0.1) is 18.1 Å². The number of tetrazole rings is 1. The molecule has 1 aliphatic heterocycles. The number of hydrogen-bond donors (Lipinski definition) is 1. The summed E-state index contributed by atoms with van der Waals surface area (Å²) in [6.07, 6.45) is 2.87. The zero-order chi connectivity index (χ0) is 13.2. The molecule has 100 valence electrons. The summed E-state index contributed by atoms with van der Waals surface area (Å²) in [5.74, 6) is -0.169. The normalized spacial score (nSPS) is 20.2. The van der Waals surface area contributed by atoms with Gasteiger partial charge in [0, 0.05) is 13.0 Å². The van der Waals surface area contributed by atoms with Crippen molar-refractivity contribution >= 4 is 5.97 Å². The molecule has 0 aliphatic carbocycles. The molecule has 2 heterocycles. The second kappa shape index (κ2) is 5.01. The Labute approximate surface area is 105 Å². The molecule has 7 heteroatoms. The molecule has 1 aromatic heterocycles. The van der Waals surface area contributed by atoms with Crippen LogP contribution in [0.25, 0.3) is 0 Å². The molecule has 0 bridgehead atoms. The minimum Gasteiger partial charge on any atom is -0.481 e. The minimum absolute atomic E-state index is 0.155. The SMILES string of the molecule is CC(C)(Cn1nnnc1CC1CCCO1)C(=O)O. The van der Waals surface area contributed by atoms with Gasteiger partial charge in [-0.15, -0.1) is 5.10 Å². The Morgan fingerprint density at radius 1 is 1.61 bits per heavy atom. The van der Waals surface area contributed by atoms with Gasteiger partial charge in [0.25, 0.3) is 0 Å². The molecule has 1 aromatic rings. The van der Waals surface area contributed by atoms with Crippen LogP contribution in [-0.4, -0.2) is 44.0 Å². The number of carboxylic acids is 1. The van der Waals surface area contributed by atoms with Gasteiger partial charge in [0.2, 0.25) is 0 Å². The molecular weight excluding hydrogens is 236 g/mol. The highest BCUT2D eigenvalue weighted by Gasteiger charge is 2.30. The predicted molar refractivity (Wildman–Crippen MR) is 61.9 cm³/mol. The standard InChI is InChI=1S/C11H18N4O3/c1-11(2,10(16)17)7-15-9(12-13-14-15)6-8-4-3-5-18-8/h8H,3-7H2,1-2H3,(H,16,17). The van der Waals surface area contributed by atoms with E-state index in [1.54, 1.807) is 18.5 Å². The van der Waals surface area contributed by atoms with Gasteiger partial charge in [-0.2, -0.15) is 0 Å². The number of nitrogens with zero attached hydrogens (tertiary/aromatic N) is 4. The minimum atomic E-state index is -0.888. The van der Waals surface area contributed by atoms with Crippen molar-refractivity contribution in [3.8, 4) is 0 Å². The number of hydrogen-bond acceptors (Lipinski definition) is 5. The summed E-state index contributed by atoms with van der Waals surface area (Å²) < 4.78 is 7.10. The monoisotopic (exact) mass is 254 g/mol. The third kappa shape index (κ3) is 2.84. The zero-order valence-electron chi connectivity index (χ0n) is 10.7. The van der Waals surface area contributed by atoms with Crippen molar-refractivity contribution in [2.75, 3.05) is 6.61 Å². The van der Waals surface area contributed by atoms with Crippen molar-refractivity contribution < 1.29 is 14.6 Å². The maximum absolute atomic E-state index is 11.1. The first kappa shape index (κ1) is 12.9. The lowest BCUT2D eigenvalue weighted by molar-refractivity contribution is -0.147. The second-order valence-corrected chi connectivity index (χ2v) is 5.28. The topological polar surface area (TPSA) is 90.1 Å². The number of aliphatic carboxylic acids is 1. The van der Waals surface area contributed by atoms with E-state index in [1.807, 2.05) is 0 Å². The average Bonchev–Trinajstić information content (AvgIpc) is 2.91. The molecular formula is C11H18N4O3. The molecule has 1 aliphatic rings. The molecule has 0 spiro atoms. The van der Waals surface area contributed by atoms with Crippen LogP contribution in [-0.2, 0) is 22.5 Å². The Morgan fingerprint density at radius 2 is 2.39 bits per heavy atom. The first-order valence-electron chi connectivity index (χ1n) is 6.09. The Bertz CT molecular complexity index is 424. The highest BCUT2D eigenvalue weighted by molar-refractivity contribution is 5.73. The Balaban J connectivity index is 2.05. The fourth-order valence-corrected chi connectivity index (χ4v) is 1.94. The Kier molecular flexibility index (Phi) is 3.60. The van der Waals surface area contributed by atoms with Gasteiger partial charge in [-0.1, -0.05) is 0 Å². The summed E-state index contributed by atoms with van der Waals surface area (Å²) in [6, 6.07) is 0. The third-order valence-corrected chi connectivity index (χ3v) is 3.16. The van der Waals surface area contributed by atoms with Crippen molar-refractivity contribution in [3.63, 3.8) is 0 Å². The molecule has 0 saturated carbocycles. The third-order valence-electron chi connectivity index (χ3n) is 3.16. The van der Waals surface area contributed by atoms with E-state index < -0.39 is 11.4 Å². The molecule has 0 aromatic carbocycles. The molecule has 18 heavy (non-hydrogen) atoms. The zero-order valence-corrected chi connectivity index (χ0v) is 10.7. The fourth-order valence-electron chi connectivity index (χ4n) is 1.94. The number of ether oxygens (including phenoxy) is 1. The van der Waals surface area contributed by atoms with E-state index in [1.165, 1.54) is 0 Å². The summed E-state index contributed by atoms with van der Waals surface area (Å²) >= 11 is 0. The molecule has 1 atom stereocenters. The van der Waals surface area contributed by atoms with Gasteiger partial charge >= 0.3 is 5.97 Å². The van der Waals surface area contributed by atoms with E-state index in [4.69, 9.17) is 9.84 Å². The maximum Gasteiger partial charge on any atom is 0.310 e. The first-order valence-corrected chi connectivity index (χ1v) is 6.09. The van der Waals surface area contributed by atoms with E-state index in [0.29, 0.717) is 12.2 Å². The van der Waals surface area contributed by atoms with Crippen LogP contribution < -0.4 is 0 Å². The molecule has 0 amide bonds. The van der Waals surface area contributed by atoms with Crippen LogP contribution in [0.4, 0.5) is 0 Å². The fraction of sp³-hybridized carbons (Fsp3) is 0.818. The first-order chi connectivity index (χ1) is 8.49. The van der Waals surface area contributed by atoms with Crippen molar-refractivity contribution in [1.29, 1.82) is 0 Å². The molecule has 0 radical (unpaired) electrons. The molecule has 1 fully saturated rings. The molecule has 1 unspecified atom stereocenters. The van der Waals surface area contributed by atoms with E-state index >= 15 is 0 Å². The maximum atomic E-state index is 11.1. The highest BCUT2D eigenvalue weighted by atomic mass is 16.5. The van der Waals surface area contributed by atoms with E-state index in [0.717, 1.165) is 19.4 Å². The van der Waals surface area contributed by atoms with Crippen LogP contribution in [0.15, 0.2) is 0 Å². The molecule has 1 N–H and O–H groups in total. The summed E-state index contributed by atoms with van der Waals surface area (Å²) in [7, 11) is 0. The molecule has 2 rings (SSSR count). The van der Waals surface area contributed by atoms with E-state index in [2.05, 4.69) is 15.5 Å². The van der Waals surface area contributed by atoms with E-state index in [9.17, 15) is 4.79 Å². The van der Waals surface area contributed by atoms with Crippen LogP contribution in [0.3, 0.4) is 0 Å². The largest absolute Gasteiger partial charge is 0.481 e. The quantitative estimate of drug-likeness (QED) is 0.823. The van der Waals surface area contributed by atoms with Gasteiger partial charge in [-0.3, -0.25) is 4.79 Å². The van der Waals surface area contributed by atoms with Gasteiger partial charge in [0.15, 0.2) is 5.82 Å². The number of carboxylic acid groups (broad SMARTS) is 1. The van der Waals surface area contributed by atoms with Gasteiger partial charge < -0.3 is 9.84 Å². The summed E-state index contributed by atoms with van der Waals surface area (Å²) in [4.78, 5) is 11.1. The lowest BCUT2D eigenvalue weighted by Crippen LogP contribution is -2.31. The molecule has 1 saturated heterocycles. The van der Waals surface area contributed by atoms with Crippen LogP contribution in [0.2, 0.25) is 0 Å². The van der Waals surface area contributed by atoms with Crippen LogP contribution >= 0.6 is 0 Å². The number of rotatable bonds is 5.